The number of nitrogens with zero attached hydrogens (tertiary/aromatic N) is 5. The summed E-state index contributed by atoms with van der Waals surface area (Å²) in [6, 6.07) is 20.1. The van der Waals surface area contributed by atoms with E-state index in [4.69, 9.17) is 14.7 Å². The average molecular weight is 604 g/mol. The van der Waals surface area contributed by atoms with Crippen molar-refractivity contribution in [2.24, 2.45) is 0 Å². The van der Waals surface area contributed by atoms with Crippen LogP contribution in [0.3, 0.4) is 0 Å². The first kappa shape index (κ1) is 25.7. The summed E-state index contributed by atoms with van der Waals surface area (Å²) in [6.07, 6.45) is -0.526. The van der Waals surface area contributed by atoms with Crippen molar-refractivity contribution in [3.05, 3.63) is 88.6 Å². The quantitative estimate of drug-likeness (QED) is 0.306. The van der Waals surface area contributed by atoms with Crippen molar-refractivity contribution in [1.82, 2.24) is 29.8 Å². The lowest BCUT2D eigenvalue weighted by molar-refractivity contribution is -0.121. The lowest BCUT2D eigenvalue weighted by Crippen LogP contribution is -2.44. The minimum atomic E-state index is -0.853. The first-order chi connectivity index (χ1) is 19.5. The molecule has 1 aliphatic heterocycles. The minimum absolute atomic E-state index is 0.0462. The normalized spacial score (nSPS) is 15.6. The molecule has 2 N–H and O–H groups in total. The zero-order valence-corrected chi connectivity index (χ0v) is 22.6. The molecule has 10 nitrogen and oxygen atoms in total. The van der Waals surface area contributed by atoms with Crippen LogP contribution in [0.25, 0.3) is 27.9 Å². The number of hydrogen-bond donors (Lipinski definition) is 2. The highest BCUT2D eigenvalue weighted by Gasteiger charge is 2.30. The van der Waals surface area contributed by atoms with E-state index in [9.17, 15) is 14.0 Å². The first-order valence-corrected chi connectivity index (χ1v) is 13.4. The smallest absolute Gasteiger partial charge is 0.410 e. The van der Waals surface area contributed by atoms with E-state index in [1.807, 2.05) is 48.5 Å². The van der Waals surface area contributed by atoms with Crippen LogP contribution in [0, 0.1) is 5.82 Å². The fraction of sp³-hybridized carbons (Fsp3) is 0.179. The second kappa shape index (κ2) is 10.9. The second-order valence-corrected chi connectivity index (χ2v) is 10.1. The average Bonchev–Trinajstić information content (AvgIpc) is 3.33. The van der Waals surface area contributed by atoms with Gasteiger partial charge in [0.15, 0.2) is 11.5 Å². The molecule has 3 aromatic carbocycles. The van der Waals surface area contributed by atoms with Gasteiger partial charge in [0.25, 0.3) is 0 Å². The first-order valence-electron chi connectivity index (χ1n) is 12.6. The Labute approximate surface area is 236 Å². The number of ether oxygens (including phenoxy) is 1. The van der Waals surface area contributed by atoms with Crippen molar-refractivity contribution in [3.8, 4) is 11.4 Å². The maximum Gasteiger partial charge on any atom is 0.410 e. The summed E-state index contributed by atoms with van der Waals surface area (Å²) >= 11 is 3.57. The SMILES string of the molecule is O=C1NCCN(C(=O)OCc2ccccc2)CC1Nc1nc2cccc(Br)c2c2nc(-c3cccc(F)c3)nn12. The van der Waals surface area contributed by atoms with Crippen LogP contribution in [-0.4, -0.2) is 62.2 Å². The third-order valence-corrected chi connectivity index (χ3v) is 7.16. The number of anilines is 1. The second-order valence-electron chi connectivity index (χ2n) is 9.22. The maximum absolute atomic E-state index is 14.0. The van der Waals surface area contributed by atoms with Gasteiger partial charge in [0.2, 0.25) is 11.9 Å². The van der Waals surface area contributed by atoms with Crippen molar-refractivity contribution < 1.29 is 18.7 Å². The molecule has 2 amide bonds. The van der Waals surface area contributed by atoms with Crippen molar-refractivity contribution in [3.63, 3.8) is 0 Å². The van der Waals surface area contributed by atoms with Crippen LogP contribution in [0.15, 0.2) is 77.3 Å². The molecule has 1 atom stereocenters. The molecule has 0 spiro atoms. The van der Waals surface area contributed by atoms with Crippen molar-refractivity contribution in [1.29, 1.82) is 0 Å². The summed E-state index contributed by atoms with van der Waals surface area (Å²) in [7, 11) is 0. The maximum atomic E-state index is 14.0. The number of aromatic nitrogens is 4. The fourth-order valence-electron chi connectivity index (χ4n) is 4.53. The Morgan fingerprint density at radius 1 is 1.10 bits per heavy atom. The van der Waals surface area contributed by atoms with Crippen LogP contribution in [0.5, 0.6) is 0 Å². The van der Waals surface area contributed by atoms with Gasteiger partial charge in [-0.25, -0.2) is 19.2 Å². The van der Waals surface area contributed by atoms with Crippen molar-refractivity contribution >= 4 is 50.4 Å². The molecular formula is C28H23BrFN7O3. The Kier molecular flexibility index (Phi) is 6.99. The number of carbonyl (C=O) groups excluding carboxylic acids is 2. The number of fused-ring (bicyclic) bond motifs is 3. The van der Waals surface area contributed by atoms with Gasteiger partial charge in [-0.1, -0.05) is 48.5 Å². The Morgan fingerprint density at radius 3 is 2.75 bits per heavy atom. The summed E-state index contributed by atoms with van der Waals surface area (Å²) in [5.41, 5.74) is 2.43. The van der Waals surface area contributed by atoms with Crippen molar-refractivity contribution in [2.45, 2.75) is 12.6 Å². The molecule has 6 rings (SSSR count). The molecule has 2 aromatic heterocycles. The number of benzene rings is 3. The molecule has 40 heavy (non-hydrogen) atoms. The number of carbonyl (C=O) groups is 2. The molecule has 0 radical (unpaired) electrons. The largest absolute Gasteiger partial charge is 0.445 e. The molecule has 3 heterocycles. The van der Waals surface area contributed by atoms with Crippen LogP contribution >= 0.6 is 15.9 Å². The van der Waals surface area contributed by atoms with Gasteiger partial charge in [0.1, 0.15) is 18.5 Å². The van der Waals surface area contributed by atoms with E-state index < -0.39 is 18.0 Å². The molecule has 0 bridgehead atoms. The highest BCUT2D eigenvalue weighted by Crippen LogP contribution is 2.30. The van der Waals surface area contributed by atoms with Gasteiger partial charge >= 0.3 is 6.09 Å². The van der Waals surface area contributed by atoms with E-state index in [1.54, 1.807) is 12.1 Å². The fourth-order valence-corrected chi connectivity index (χ4v) is 5.06. The van der Waals surface area contributed by atoms with E-state index in [1.165, 1.54) is 21.5 Å². The Hall–Kier alpha value is -4.58. The summed E-state index contributed by atoms with van der Waals surface area (Å²) in [5.74, 6) is -0.166. The zero-order chi connectivity index (χ0) is 27.6. The summed E-state index contributed by atoms with van der Waals surface area (Å²) in [4.78, 5) is 36.8. The molecule has 1 saturated heterocycles. The van der Waals surface area contributed by atoms with Crippen LogP contribution < -0.4 is 10.6 Å². The van der Waals surface area contributed by atoms with E-state index in [2.05, 4.69) is 31.7 Å². The number of amides is 2. The van der Waals surface area contributed by atoms with E-state index in [-0.39, 0.29) is 38.1 Å². The van der Waals surface area contributed by atoms with Crippen LogP contribution in [0.2, 0.25) is 0 Å². The van der Waals surface area contributed by atoms with Crippen LogP contribution in [-0.2, 0) is 16.1 Å². The number of hydrogen-bond acceptors (Lipinski definition) is 7. The molecule has 0 saturated carbocycles. The predicted octanol–water partition coefficient (Wildman–Crippen LogP) is 4.40. The number of halogens is 2. The molecule has 0 aliphatic carbocycles. The Morgan fingerprint density at radius 2 is 1.93 bits per heavy atom. The highest BCUT2D eigenvalue weighted by molar-refractivity contribution is 9.10. The van der Waals surface area contributed by atoms with E-state index in [0.29, 0.717) is 27.9 Å². The van der Waals surface area contributed by atoms with Gasteiger partial charge in [-0.05, 0) is 45.8 Å². The third kappa shape index (κ3) is 5.17. The summed E-state index contributed by atoms with van der Waals surface area (Å²) in [5, 5.41) is 11.3. The van der Waals surface area contributed by atoms with E-state index in [0.717, 1.165) is 10.0 Å². The van der Waals surface area contributed by atoms with Crippen molar-refractivity contribution in [2.75, 3.05) is 25.0 Å². The molecule has 1 aliphatic rings. The Balaban J connectivity index is 1.33. The monoisotopic (exact) mass is 603 g/mol. The molecule has 5 aromatic rings. The molecule has 202 valence electrons. The predicted molar refractivity (Wildman–Crippen MR) is 150 cm³/mol. The molecule has 1 fully saturated rings. The summed E-state index contributed by atoms with van der Waals surface area (Å²) in [6.45, 7) is 0.736. The molecule has 1 unspecified atom stereocenters. The van der Waals surface area contributed by atoms with Crippen LogP contribution in [0.1, 0.15) is 5.56 Å². The topological polar surface area (TPSA) is 114 Å². The Bertz CT molecular complexity index is 1730. The zero-order valence-electron chi connectivity index (χ0n) is 21.1. The van der Waals surface area contributed by atoms with Gasteiger partial charge in [-0.15, -0.1) is 5.10 Å². The van der Waals surface area contributed by atoms with Gasteiger partial charge in [-0.3, -0.25) is 4.79 Å². The van der Waals surface area contributed by atoms with Gasteiger partial charge in [0, 0.05) is 23.1 Å². The van der Waals surface area contributed by atoms with Gasteiger partial charge in [-0.2, -0.15) is 4.52 Å². The number of rotatable bonds is 5. The lowest BCUT2D eigenvalue weighted by atomic mass is 10.2. The van der Waals surface area contributed by atoms with Gasteiger partial charge in [0.05, 0.1) is 17.4 Å². The highest BCUT2D eigenvalue weighted by atomic mass is 79.9. The molecule has 12 heteroatoms. The van der Waals surface area contributed by atoms with Gasteiger partial charge < -0.3 is 20.3 Å². The number of nitrogens with one attached hydrogen (secondary N) is 2. The lowest BCUT2D eigenvalue weighted by Gasteiger charge is -2.23. The molecular weight excluding hydrogens is 581 g/mol. The van der Waals surface area contributed by atoms with E-state index >= 15 is 0 Å². The summed E-state index contributed by atoms with van der Waals surface area (Å²) < 4.78 is 21.7. The minimum Gasteiger partial charge on any atom is -0.445 e. The third-order valence-electron chi connectivity index (χ3n) is 6.50. The van der Waals surface area contributed by atoms with Crippen LogP contribution in [0.4, 0.5) is 15.1 Å². The standard InChI is InChI=1S/C28H23BrFN7O3/c29-20-10-5-11-21-23(20)25-34-24(18-8-4-9-19(30)14-18)35-37(25)27(32-21)33-22-15-36(13-12-31-26(22)38)28(39)40-16-17-6-2-1-3-7-17/h1-11,14,22H,12-13,15-16H2,(H,31,38)(H,32,33).